The Hall–Kier alpha value is -3.10. The van der Waals surface area contributed by atoms with Gasteiger partial charge < -0.3 is 39.4 Å². The highest BCUT2D eigenvalue weighted by Gasteiger charge is 2.53. The van der Waals surface area contributed by atoms with E-state index in [-0.39, 0.29) is 19.2 Å². The maximum Gasteiger partial charge on any atom is 0.472 e. The number of nitrogens with zero attached hydrogens (tertiary/aromatic N) is 5. The first-order valence-electron chi connectivity index (χ1n) is 12.3. The van der Waals surface area contributed by atoms with Crippen molar-refractivity contribution < 1.29 is 47.3 Å². The van der Waals surface area contributed by atoms with Crippen LogP contribution in [-0.2, 0) is 37.3 Å². The Bertz CT molecular complexity index is 1580. The van der Waals surface area contributed by atoms with Gasteiger partial charge in [0.1, 0.15) is 55.3 Å². The van der Waals surface area contributed by atoms with Crippen LogP contribution in [0.25, 0.3) is 11.2 Å². The fourth-order valence-electron chi connectivity index (χ4n) is 5.06. The number of methoxy groups -OCH3 is 1. The number of nitrogens with one attached hydrogen (secondary N) is 1. The minimum Gasteiger partial charge on any atom is -0.386 e. The van der Waals surface area contributed by atoms with Gasteiger partial charge in [-0.25, -0.2) is 24.3 Å². The highest BCUT2D eigenvalue weighted by molar-refractivity contribution is 7.47. The number of anilines is 1. The summed E-state index contributed by atoms with van der Waals surface area (Å²) < 4.78 is 54.2. The van der Waals surface area contributed by atoms with Crippen LogP contribution in [0.2, 0.25) is 0 Å². The monoisotopic (exact) mass is 599 g/mol. The molecule has 0 spiro atoms. The van der Waals surface area contributed by atoms with Gasteiger partial charge in [0.25, 0.3) is 5.56 Å². The highest BCUT2D eigenvalue weighted by atomic mass is 31.2. The first kappa shape index (κ1) is 28.0. The molecule has 222 valence electrons. The molecule has 6 rings (SSSR count). The number of hydrogen-bond donors (Lipinski definition) is 4. The van der Waals surface area contributed by atoms with Crippen LogP contribution in [0.5, 0.6) is 0 Å². The van der Waals surface area contributed by atoms with Crippen LogP contribution < -0.4 is 17.0 Å². The van der Waals surface area contributed by atoms with E-state index in [1.165, 1.54) is 19.8 Å². The number of aromatic nitrogens is 6. The predicted octanol–water partition coefficient (Wildman–Crippen LogP) is -2.00. The first-order chi connectivity index (χ1) is 19.7. The van der Waals surface area contributed by atoms with Crippen LogP contribution in [0.1, 0.15) is 12.5 Å². The van der Waals surface area contributed by atoms with Crippen molar-refractivity contribution >= 4 is 24.8 Å². The first-order valence-corrected chi connectivity index (χ1v) is 13.8. The molecule has 6 heterocycles. The molecule has 3 aliphatic rings. The number of H-pyrrole nitrogens is 1. The molecule has 3 aliphatic heterocycles. The van der Waals surface area contributed by atoms with Crippen molar-refractivity contribution in [1.82, 2.24) is 29.1 Å². The molecule has 3 saturated heterocycles. The summed E-state index contributed by atoms with van der Waals surface area (Å²) in [5, 5.41) is 10.9. The van der Waals surface area contributed by atoms with Crippen LogP contribution in [0.4, 0.5) is 5.82 Å². The van der Waals surface area contributed by atoms with E-state index in [1.54, 1.807) is 4.57 Å². The van der Waals surface area contributed by atoms with Gasteiger partial charge in [-0.15, -0.1) is 0 Å². The van der Waals surface area contributed by atoms with Gasteiger partial charge in [-0.1, -0.05) is 0 Å². The third-order valence-corrected chi connectivity index (χ3v) is 7.88. The van der Waals surface area contributed by atoms with Crippen molar-refractivity contribution in [2.75, 3.05) is 32.9 Å². The quantitative estimate of drug-likeness (QED) is 0.194. The molecule has 0 radical (unpaired) electrons. The average Bonchev–Trinajstić information content (AvgIpc) is 3.69. The van der Waals surface area contributed by atoms with Gasteiger partial charge in [-0.2, -0.15) is 0 Å². The molecule has 9 atom stereocenters. The molecule has 19 nitrogen and oxygen atoms in total. The van der Waals surface area contributed by atoms with Crippen molar-refractivity contribution in [2.24, 2.45) is 0 Å². The zero-order valence-electron chi connectivity index (χ0n) is 21.3. The Labute approximate surface area is 229 Å². The molecule has 0 aromatic carbocycles. The van der Waals surface area contributed by atoms with E-state index in [2.05, 4.69) is 15.0 Å². The Morgan fingerprint density at radius 2 is 1.90 bits per heavy atom. The second-order valence-corrected chi connectivity index (χ2v) is 10.8. The lowest BCUT2D eigenvalue weighted by Gasteiger charge is -2.24. The Morgan fingerprint density at radius 1 is 1.12 bits per heavy atom. The Morgan fingerprint density at radius 3 is 2.68 bits per heavy atom. The van der Waals surface area contributed by atoms with Gasteiger partial charge in [-0.3, -0.25) is 28.0 Å². The molecular formula is C21H26N7O12P. The molecule has 41 heavy (non-hydrogen) atoms. The van der Waals surface area contributed by atoms with Crippen molar-refractivity contribution in [1.29, 1.82) is 0 Å². The number of ether oxygens (including phenoxy) is 5. The fraction of sp³-hybridized carbons (Fsp3) is 0.571. The van der Waals surface area contributed by atoms with Gasteiger partial charge >= 0.3 is 13.5 Å². The number of fused-ring (bicyclic) bond motifs is 2. The fourth-order valence-corrected chi connectivity index (χ4v) is 6.02. The van der Waals surface area contributed by atoms with Crippen LogP contribution >= 0.6 is 7.82 Å². The summed E-state index contributed by atoms with van der Waals surface area (Å²) in [6.07, 6.45) is -4.57. The number of imidazole rings is 1. The van der Waals surface area contributed by atoms with E-state index in [1.807, 2.05) is 4.98 Å². The lowest BCUT2D eigenvalue weighted by molar-refractivity contribution is -0.109. The summed E-state index contributed by atoms with van der Waals surface area (Å²) in [4.78, 5) is 48.6. The molecule has 5 N–H and O–H groups in total. The standard InChI is InChI=1S/C21H26N7O12P/c1-34-4-9-14(13(30)19(38-9)27-3-2-11(29)26-21(27)31)40-41(32,33)37-5-10-15-16(36-8-35-15)20(39-10)28-7-25-12-17(22)23-6-24-18(12)28/h2-3,6-7,9-10,13-16,19-20,30H,4-5,8H2,1H3,(H,32,33)(H2,22,23,24)(H,26,29,31)/t9-,10-,13-,14-,15-,16-,19-,20-/m1/s1. The van der Waals surface area contributed by atoms with E-state index in [9.17, 15) is 24.2 Å². The Balaban J connectivity index is 1.15. The second kappa shape index (κ2) is 11.0. The van der Waals surface area contributed by atoms with Gasteiger partial charge in [0.05, 0.1) is 19.5 Å². The lowest BCUT2D eigenvalue weighted by atomic mass is 10.1. The van der Waals surface area contributed by atoms with E-state index in [0.717, 1.165) is 16.8 Å². The van der Waals surface area contributed by atoms with Gasteiger partial charge in [0.15, 0.2) is 23.9 Å². The number of hydrogen-bond acceptors (Lipinski definition) is 15. The van der Waals surface area contributed by atoms with Gasteiger partial charge in [-0.05, 0) is 0 Å². The molecule has 3 aromatic rings. The summed E-state index contributed by atoms with van der Waals surface area (Å²) in [5.74, 6) is 0.183. The molecule has 3 aromatic heterocycles. The molecule has 1 unspecified atom stereocenters. The van der Waals surface area contributed by atoms with Crippen LogP contribution in [0.15, 0.2) is 34.5 Å². The SMILES string of the molecule is COC[C@H]1O[C@@H](n2ccc(=O)[nH]c2=O)[C@H](O)[C@@H]1OP(=O)(O)OC[C@H]1O[C@@H](n2cnc3c(N)ncnc32)[C@@H]2OCO[C@@H]21. The topological polar surface area (TPSA) is 247 Å². The number of rotatable bonds is 9. The predicted molar refractivity (Wildman–Crippen MR) is 132 cm³/mol. The summed E-state index contributed by atoms with van der Waals surface area (Å²) in [6.45, 7) is -0.663. The minimum absolute atomic E-state index is 0.0431. The van der Waals surface area contributed by atoms with E-state index >= 15 is 0 Å². The van der Waals surface area contributed by atoms with Gasteiger partial charge in [0, 0.05) is 19.4 Å². The summed E-state index contributed by atoms with van der Waals surface area (Å²) in [7, 11) is -3.52. The maximum atomic E-state index is 13.0. The third kappa shape index (κ3) is 5.21. The Kier molecular flexibility index (Phi) is 7.49. The number of phosphoric ester groups is 1. The average molecular weight is 599 g/mol. The number of aromatic amines is 1. The van der Waals surface area contributed by atoms with Crippen LogP contribution in [0.3, 0.4) is 0 Å². The van der Waals surface area contributed by atoms with Crippen molar-refractivity contribution in [2.45, 2.75) is 49.1 Å². The maximum absolute atomic E-state index is 13.0. The third-order valence-electron chi connectivity index (χ3n) is 6.89. The molecule has 0 aliphatic carbocycles. The second-order valence-electron chi connectivity index (χ2n) is 9.39. The zero-order chi connectivity index (χ0) is 28.9. The van der Waals surface area contributed by atoms with E-state index in [0.29, 0.717) is 11.2 Å². The number of phosphoric acid groups is 1. The van der Waals surface area contributed by atoms with Crippen molar-refractivity contribution in [3.8, 4) is 0 Å². The smallest absolute Gasteiger partial charge is 0.386 e. The largest absolute Gasteiger partial charge is 0.472 e. The summed E-state index contributed by atoms with van der Waals surface area (Å²) in [6, 6.07) is 1.06. The number of aliphatic hydroxyl groups excluding tert-OH is 1. The minimum atomic E-state index is -4.87. The molecule has 20 heteroatoms. The highest BCUT2D eigenvalue weighted by Crippen LogP contribution is 2.49. The number of nitrogens with two attached hydrogens (primary N) is 1. The van der Waals surface area contributed by atoms with Gasteiger partial charge in [0.2, 0.25) is 0 Å². The normalized spacial score (nSPS) is 32.9. The molecule has 3 fully saturated rings. The molecule has 0 bridgehead atoms. The summed E-state index contributed by atoms with van der Waals surface area (Å²) >= 11 is 0. The zero-order valence-corrected chi connectivity index (χ0v) is 22.2. The summed E-state index contributed by atoms with van der Waals surface area (Å²) in [5.41, 5.74) is 5.13. The molecule has 0 amide bonds. The van der Waals surface area contributed by atoms with Crippen molar-refractivity contribution in [3.05, 3.63) is 45.8 Å². The number of aliphatic hydroxyl groups is 1. The van der Waals surface area contributed by atoms with E-state index < -0.39 is 74.8 Å². The number of nitrogen functional groups attached to an aromatic ring is 1. The lowest BCUT2D eigenvalue weighted by Crippen LogP contribution is -2.39. The molecule has 0 saturated carbocycles. The molecular weight excluding hydrogens is 573 g/mol. The van der Waals surface area contributed by atoms with Crippen LogP contribution in [-0.4, -0.2) is 103 Å². The van der Waals surface area contributed by atoms with Crippen molar-refractivity contribution in [3.63, 3.8) is 0 Å². The van der Waals surface area contributed by atoms with E-state index in [4.69, 9.17) is 38.5 Å². The van der Waals surface area contributed by atoms with Crippen LogP contribution in [0, 0.1) is 0 Å².